The third kappa shape index (κ3) is 2.92. The van der Waals surface area contributed by atoms with Crippen LogP contribution in [0.25, 0.3) is 0 Å². The molecule has 1 saturated heterocycles. The standard InChI is InChI=1S/C13H18BrNO2/c1-2-3-10-4-7-15(8-5-10)13(16)11-6-9-17-12(11)14/h6,9-10H,2-5,7-8H2,1H3. The molecule has 2 rings (SSSR count). The second-order valence-corrected chi connectivity index (χ2v) is 5.35. The molecule has 1 fully saturated rings. The minimum atomic E-state index is 0.0839. The van der Waals surface area contributed by atoms with Crippen LogP contribution in [0.2, 0.25) is 0 Å². The first kappa shape index (κ1) is 12.7. The highest BCUT2D eigenvalue weighted by molar-refractivity contribution is 9.10. The van der Waals surface area contributed by atoms with Crippen molar-refractivity contribution in [1.29, 1.82) is 0 Å². The predicted molar refractivity (Wildman–Crippen MR) is 69.9 cm³/mol. The number of furan rings is 1. The van der Waals surface area contributed by atoms with Crippen molar-refractivity contribution in [2.75, 3.05) is 13.1 Å². The highest BCUT2D eigenvalue weighted by atomic mass is 79.9. The number of carbonyl (C=O) groups is 1. The summed E-state index contributed by atoms with van der Waals surface area (Å²) < 4.78 is 5.65. The van der Waals surface area contributed by atoms with Crippen LogP contribution in [0.3, 0.4) is 0 Å². The second kappa shape index (κ2) is 5.71. The first-order valence-corrected chi connectivity index (χ1v) is 7.04. The molecule has 0 saturated carbocycles. The molecule has 1 aliphatic rings. The Morgan fingerprint density at radius 2 is 2.24 bits per heavy atom. The van der Waals surface area contributed by atoms with E-state index in [0.29, 0.717) is 10.2 Å². The molecule has 2 heterocycles. The zero-order valence-corrected chi connectivity index (χ0v) is 11.7. The molecule has 0 aliphatic carbocycles. The van der Waals surface area contributed by atoms with Crippen molar-refractivity contribution < 1.29 is 9.21 Å². The normalized spacial score (nSPS) is 17.4. The Kier molecular flexibility index (Phi) is 4.26. The Morgan fingerprint density at radius 1 is 1.53 bits per heavy atom. The lowest BCUT2D eigenvalue weighted by Crippen LogP contribution is -2.38. The highest BCUT2D eigenvalue weighted by Crippen LogP contribution is 2.25. The van der Waals surface area contributed by atoms with Gasteiger partial charge in [-0.2, -0.15) is 0 Å². The molecule has 0 unspecified atom stereocenters. The van der Waals surface area contributed by atoms with E-state index in [9.17, 15) is 4.79 Å². The summed E-state index contributed by atoms with van der Waals surface area (Å²) in [5.74, 6) is 0.886. The quantitative estimate of drug-likeness (QED) is 0.853. The molecular formula is C13H18BrNO2. The average molecular weight is 300 g/mol. The van der Waals surface area contributed by atoms with Gasteiger partial charge in [-0.3, -0.25) is 4.79 Å². The lowest BCUT2D eigenvalue weighted by molar-refractivity contribution is 0.0684. The van der Waals surface area contributed by atoms with Gasteiger partial charge in [0.1, 0.15) is 0 Å². The molecule has 0 atom stereocenters. The average Bonchev–Trinajstić information content (AvgIpc) is 2.76. The van der Waals surface area contributed by atoms with E-state index in [2.05, 4.69) is 22.9 Å². The number of amides is 1. The zero-order valence-electron chi connectivity index (χ0n) is 10.1. The lowest BCUT2D eigenvalue weighted by Gasteiger charge is -2.31. The smallest absolute Gasteiger partial charge is 0.258 e. The third-order valence-electron chi connectivity index (χ3n) is 3.45. The van der Waals surface area contributed by atoms with Crippen LogP contribution in [-0.4, -0.2) is 23.9 Å². The fraction of sp³-hybridized carbons (Fsp3) is 0.615. The molecule has 1 amide bonds. The number of hydrogen-bond acceptors (Lipinski definition) is 2. The first-order valence-electron chi connectivity index (χ1n) is 6.24. The van der Waals surface area contributed by atoms with Crippen molar-refractivity contribution in [2.45, 2.75) is 32.6 Å². The van der Waals surface area contributed by atoms with Gasteiger partial charge in [0.15, 0.2) is 4.67 Å². The van der Waals surface area contributed by atoms with Gasteiger partial charge in [-0.25, -0.2) is 0 Å². The van der Waals surface area contributed by atoms with Gasteiger partial charge in [0, 0.05) is 13.1 Å². The predicted octanol–water partition coefficient (Wildman–Crippen LogP) is 3.69. The Hall–Kier alpha value is -0.770. The minimum Gasteiger partial charge on any atom is -0.457 e. The molecule has 4 heteroatoms. The summed E-state index contributed by atoms with van der Waals surface area (Å²) in [5.41, 5.74) is 0.638. The van der Waals surface area contributed by atoms with E-state index >= 15 is 0 Å². The maximum Gasteiger partial charge on any atom is 0.258 e. The molecule has 0 aromatic carbocycles. The van der Waals surface area contributed by atoms with Crippen LogP contribution in [0.5, 0.6) is 0 Å². The summed E-state index contributed by atoms with van der Waals surface area (Å²) in [7, 11) is 0. The van der Waals surface area contributed by atoms with Gasteiger partial charge in [0.25, 0.3) is 5.91 Å². The fourth-order valence-corrected chi connectivity index (χ4v) is 2.86. The van der Waals surface area contributed by atoms with Crippen molar-refractivity contribution >= 4 is 21.8 Å². The van der Waals surface area contributed by atoms with Crippen LogP contribution in [0.1, 0.15) is 43.0 Å². The van der Waals surface area contributed by atoms with Crippen LogP contribution in [-0.2, 0) is 0 Å². The SMILES string of the molecule is CCCC1CCN(C(=O)c2ccoc2Br)CC1. The molecule has 0 radical (unpaired) electrons. The van der Waals surface area contributed by atoms with Crippen molar-refractivity contribution in [2.24, 2.45) is 5.92 Å². The number of nitrogens with zero attached hydrogens (tertiary/aromatic N) is 1. The van der Waals surface area contributed by atoms with Crippen molar-refractivity contribution in [3.05, 3.63) is 22.6 Å². The number of carbonyl (C=O) groups excluding carboxylic acids is 1. The van der Waals surface area contributed by atoms with E-state index in [1.54, 1.807) is 12.3 Å². The zero-order chi connectivity index (χ0) is 12.3. The molecule has 3 nitrogen and oxygen atoms in total. The molecule has 1 aromatic rings. The first-order chi connectivity index (χ1) is 8.22. The molecule has 0 spiro atoms. The van der Waals surface area contributed by atoms with Crippen LogP contribution >= 0.6 is 15.9 Å². The lowest BCUT2D eigenvalue weighted by atomic mass is 9.92. The summed E-state index contributed by atoms with van der Waals surface area (Å²) in [4.78, 5) is 14.1. The number of piperidine rings is 1. The molecule has 94 valence electrons. The van der Waals surface area contributed by atoms with Gasteiger partial charge in [0.2, 0.25) is 0 Å². The third-order valence-corrected chi connectivity index (χ3v) is 4.06. The summed E-state index contributed by atoms with van der Waals surface area (Å²) in [6.45, 7) is 3.97. The number of hydrogen-bond donors (Lipinski definition) is 0. The van der Waals surface area contributed by atoms with E-state index < -0.39 is 0 Å². The summed E-state index contributed by atoms with van der Waals surface area (Å²) >= 11 is 3.26. The van der Waals surface area contributed by atoms with E-state index in [0.717, 1.165) is 31.8 Å². The largest absolute Gasteiger partial charge is 0.457 e. The molecule has 17 heavy (non-hydrogen) atoms. The number of likely N-dealkylation sites (tertiary alicyclic amines) is 1. The monoisotopic (exact) mass is 299 g/mol. The molecule has 1 aromatic heterocycles. The summed E-state index contributed by atoms with van der Waals surface area (Å²) in [6, 6.07) is 1.73. The maximum atomic E-state index is 12.2. The topological polar surface area (TPSA) is 33.5 Å². The summed E-state index contributed by atoms with van der Waals surface area (Å²) in [6.07, 6.45) is 6.34. The van der Waals surface area contributed by atoms with Crippen LogP contribution < -0.4 is 0 Å². The molecule has 0 bridgehead atoms. The van der Waals surface area contributed by atoms with E-state index in [4.69, 9.17) is 4.42 Å². The van der Waals surface area contributed by atoms with E-state index in [1.165, 1.54) is 12.8 Å². The van der Waals surface area contributed by atoms with Crippen molar-refractivity contribution in [3.8, 4) is 0 Å². The Morgan fingerprint density at radius 3 is 2.76 bits per heavy atom. The fourth-order valence-electron chi connectivity index (χ4n) is 2.45. The van der Waals surface area contributed by atoms with Gasteiger partial charge < -0.3 is 9.32 Å². The van der Waals surface area contributed by atoms with Crippen LogP contribution in [0.4, 0.5) is 0 Å². The Bertz CT molecular complexity index is 381. The van der Waals surface area contributed by atoms with Gasteiger partial charge in [0.05, 0.1) is 11.8 Å². The van der Waals surface area contributed by atoms with E-state index in [1.807, 2.05) is 4.90 Å². The Balaban J connectivity index is 1.93. The maximum absolute atomic E-state index is 12.2. The van der Waals surface area contributed by atoms with Crippen LogP contribution in [0.15, 0.2) is 21.4 Å². The van der Waals surface area contributed by atoms with Gasteiger partial charge in [-0.15, -0.1) is 0 Å². The van der Waals surface area contributed by atoms with Crippen LogP contribution in [0, 0.1) is 5.92 Å². The molecule has 1 aliphatic heterocycles. The van der Waals surface area contributed by atoms with E-state index in [-0.39, 0.29) is 5.91 Å². The van der Waals surface area contributed by atoms with Gasteiger partial charge in [-0.1, -0.05) is 19.8 Å². The van der Waals surface area contributed by atoms with Crippen molar-refractivity contribution in [1.82, 2.24) is 4.90 Å². The number of halogens is 1. The minimum absolute atomic E-state index is 0.0839. The number of rotatable bonds is 3. The highest BCUT2D eigenvalue weighted by Gasteiger charge is 2.25. The van der Waals surface area contributed by atoms with Gasteiger partial charge in [-0.05, 0) is 40.8 Å². The van der Waals surface area contributed by atoms with Crippen molar-refractivity contribution in [3.63, 3.8) is 0 Å². The molecular weight excluding hydrogens is 282 g/mol. The van der Waals surface area contributed by atoms with Gasteiger partial charge >= 0.3 is 0 Å². The Labute approximate surface area is 110 Å². The molecule has 0 N–H and O–H groups in total. The summed E-state index contributed by atoms with van der Waals surface area (Å²) in [5, 5.41) is 0. The second-order valence-electron chi connectivity index (χ2n) is 4.63.